The third-order valence-electron chi connectivity index (χ3n) is 4.09. The largest absolute Gasteiger partial charge is 0.485 e. The first-order chi connectivity index (χ1) is 11.7. The van der Waals surface area contributed by atoms with Gasteiger partial charge in [0.15, 0.2) is 17.6 Å². The number of hydrogen-bond donors (Lipinski definition) is 0. The smallest absolute Gasteiger partial charge is 0.164 e. The number of ether oxygens (including phenoxy) is 2. The van der Waals surface area contributed by atoms with Crippen molar-refractivity contribution in [2.24, 2.45) is 0 Å². The predicted molar refractivity (Wildman–Crippen MR) is 91.3 cm³/mol. The van der Waals surface area contributed by atoms with E-state index in [-0.39, 0.29) is 6.10 Å². The maximum atomic E-state index is 6.10. The highest BCUT2D eigenvalue weighted by Gasteiger charge is 2.23. The average molecular weight is 321 g/mol. The molecule has 0 radical (unpaired) electrons. The van der Waals surface area contributed by atoms with Crippen molar-refractivity contribution in [1.29, 1.82) is 0 Å². The van der Waals surface area contributed by atoms with Crippen LogP contribution in [0.2, 0.25) is 0 Å². The third kappa shape index (κ3) is 2.85. The summed E-state index contributed by atoms with van der Waals surface area (Å²) in [6.45, 7) is 5.21. The van der Waals surface area contributed by atoms with E-state index >= 15 is 0 Å². The SMILES string of the molecule is Cc1cc(C)c2c(c1)OC(Cn1cc(-c3ccccc3)nn1)CO2. The molecule has 0 spiro atoms. The highest BCUT2D eigenvalue weighted by atomic mass is 16.6. The van der Waals surface area contributed by atoms with E-state index in [1.54, 1.807) is 0 Å². The van der Waals surface area contributed by atoms with Crippen LogP contribution >= 0.6 is 0 Å². The third-order valence-corrected chi connectivity index (χ3v) is 4.09. The zero-order chi connectivity index (χ0) is 16.5. The molecule has 24 heavy (non-hydrogen) atoms. The number of aromatic nitrogens is 3. The van der Waals surface area contributed by atoms with E-state index in [9.17, 15) is 0 Å². The first-order valence-electron chi connectivity index (χ1n) is 8.05. The zero-order valence-electron chi connectivity index (χ0n) is 13.8. The molecule has 2 aromatic carbocycles. The van der Waals surface area contributed by atoms with Gasteiger partial charge in [-0.1, -0.05) is 41.6 Å². The van der Waals surface area contributed by atoms with Crippen LogP contribution in [0, 0.1) is 13.8 Å². The maximum absolute atomic E-state index is 6.10. The van der Waals surface area contributed by atoms with Crippen molar-refractivity contribution < 1.29 is 9.47 Å². The lowest BCUT2D eigenvalue weighted by Gasteiger charge is -2.27. The lowest BCUT2D eigenvalue weighted by Crippen LogP contribution is -2.33. The highest BCUT2D eigenvalue weighted by Crippen LogP contribution is 2.36. The molecular formula is C19H19N3O2. The minimum absolute atomic E-state index is 0.0796. The molecule has 5 heteroatoms. The number of hydrogen-bond acceptors (Lipinski definition) is 4. The number of nitrogens with zero attached hydrogens (tertiary/aromatic N) is 3. The number of aryl methyl sites for hydroxylation is 2. The highest BCUT2D eigenvalue weighted by molar-refractivity contribution is 5.57. The molecular weight excluding hydrogens is 302 g/mol. The van der Waals surface area contributed by atoms with E-state index in [0.29, 0.717) is 13.2 Å². The standard InChI is InChI=1S/C19H19N3O2/c1-13-8-14(2)19-18(9-13)24-16(12-23-19)10-22-11-17(20-21-22)15-6-4-3-5-7-15/h3-9,11,16H,10,12H2,1-2H3. The van der Waals surface area contributed by atoms with Gasteiger partial charge in [0, 0.05) is 5.56 Å². The molecule has 122 valence electrons. The normalized spacial score (nSPS) is 16.2. The van der Waals surface area contributed by atoms with Crippen LogP contribution in [0.4, 0.5) is 0 Å². The van der Waals surface area contributed by atoms with Gasteiger partial charge in [0.1, 0.15) is 12.3 Å². The maximum Gasteiger partial charge on any atom is 0.164 e. The summed E-state index contributed by atoms with van der Waals surface area (Å²) < 4.78 is 13.8. The molecule has 0 saturated heterocycles. The Bertz CT molecular complexity index is 858. The van der Waals surface area contributed by atoms with Crippen LogP contribution in [0.5, 0.6) is 11.5 Å². The van der Waals surface area contributed by atoms with Crippen LogP contribution in [0.3, 0.4) is 0 Å². The first-order valence-corrected chi connectivity index (χ1v) is 8.05. The summed E-state index contributed by atoms with van der Waals surface area (Å²) in [5, 5.41) is 8.45. The lowest BCUT2D eigenvalue weighted by atomic mass is 10.1. The minimum Gasteiger partial charge on any atom is -0.485 e. The summed E-state index contributed by atoms with van der Waals surface area (Å²) in [7, 11) is 0. The van der Waals surface area contributed by atoms with E-state index in [1.165, 1.54) is 5.56 Å². The van der Waals surface area contributed by atoms with E-state index in [0.717, 1.165) is 28.3 Å². The van der Waals surface area contributed by atoms with Crippen LogP contribution in [-0.4, -0.2) is 27.7 Å². The average Bonchev–Trinajstić information content (AvgIpc) is 3.03. The molecule has 1 atom stereocenters. The second kappa shape index (κ2) is 6.00. The fourth-order valence-electron chi connectivity index (χ4n) is 3.01. The monoisotopic (exact) mass is 321 g/mol. The van der Waals surface area contributed by atoms with Gasteiger partial charge in [-0.15, -0.1) is 5.10 Å². The quantitative estimate of drug-likeness (QED) is 0.742. The fourth-order valence-corrected chi connectivity index (χ4v) is 3.01. The second-order valence-electron chi connectivity index (χ2n) is 6.15. The molecule has 0 amide bonds. The molecule has 1 aromatic heterocycles. The van der Waals surface area contributed by atoms with Crippen molar-refractivity contribution in [1.82, 2.24) is 15.0 Å². The summed E-state index contributed by atoms with van der Waals surface area (Å²) in [6, 6.07) is 14.1. The second-order valence-corrected chi connectivity index (χ2v) is 6.15. The lowest BCUT2D eigenvalue weighted by molar-refractivity contribution is 0.0747. The van der Waals surface area contributed by atoms with Crippen molar-refractivity contribution in [3.05, 3.63) is 59.8 Å². The Morgan fingerprint density at radius 2 is 2.00 bits per heavy atom. The zero-order valence-corrected chi connectivity index (χ0v) is 13.8. The molecule has 1 aliphatic rings. The molecule has 0 saturated carbocycles. The first kappa shape index (κ1) is 14.8. The molecule has 0 aliphatic carbocycles. The van der Waals surface area contributed by atoms with Gasteiger partial charge in [-0.2, -0.15) is 0 Å². The van der Waals surface area contributed by atoms with E-state index in [2.05, 4.69) is 23.3 Å². The molecule has 1 unspecified atom stereocenters. The Morgan fingerprint density at radius 1 is 1.17 bits per heavy atom. The van der Waals surface area contributed by atoms with E-state index in [1.807, 2.05) is 54.2 Å². The summed E-state index contributed by atoms with van der Waals surface area (Å²) >= 11 is 0. The number of fused-ring (bicyclic) bond motifs is 1. The Morgan fingerprint density at radius 3 is 2.83 bits per heavy atom. The van der Waals surface area contributed by atoms with Crippen molar-refractivity contribution in [2.75, 3.05) is 6.61 Å². The van der Waals surface area contributed by atoms with Gasteiger partial charge < -0.3 is 9.47 Å². The van der Waals surface area contributed by atoms with Gasteiger partial charge in [-0.25, -0.2) is 4.68 Å². The molecule has 5 nitrogen and oxygen atoms in total. The molecule has 0 N–H and O–H groups in total. The fraction of sp³-hybridized carbons (Fsp3) is 0.263. The Hall–Kier alpha value is -2.82. The minimum atomic E-state index is -0.0796. The molecule has 2 heterocycles. The van der Waals surface area contributed by atoms with Crippen molar-refractivity contribution in [2.45, 2.75) is 26.5 Å². The summed E-state index contributed by atoms with van der Waals surface area (Å²) in [5.41, 5.74) is 4.19. The number of benzene rings is 2. The van der Waals surface area contributed by atoms with E-state index in [4.69, 9.17) is 9.47 Å². The predicted octanol–water partition coefficient (Wildman–Crippen LogP) is 3.40. The topological polar surface area (TPSA) is 49.2 Å². The van der Waals surface area contributed by atoms with Crippen molar-refractivity contribution in [3.8, 4) is 22.8 Å². The van der Waals surface area contributed by atoms with Gasteiger partial charge in [-0.05, 0) is 31.0 Å². The van der Waals surface area contributed by atoms with Crippen LogP contribution in [0.15, 0.2) is 48.7 Å². The van der Waals surface area contributed by atoms with Gasteiger partial charge in [0.25, 0.3) is 0 Å². The van der Waals surface area contributed by atoms with Crippen LogP contribution in [-0.2, 0) is 6.54 Å². The molecule has 0 bridgehead atoms. The van der Waals surface area contributed by atoms with Gasteiger partial charge in [0.2, 0.25) is 0 Å². The van der Waals surface area contributed by atoms with Crippen LogP contribution in [0.25, 0.3) is 11.3 Å². The van der Waals surface area contributed by atoms with Crippen molar-refractivity contribution >= 4 is 0 Å². The Kier molecular flexibility index (Phi) is 3.69. The molecule has 1 aliphatic heterocycles. The molecule has 4 rings (SSSR count). The van der Waals surface area contributed by atoms with E-state index < -0.39 is 0 Å². The summed E-state index contributed by atoms with van der Waals surface area (Å²) in [4.78, 5) is 0. The van der Waals surface area contributed by atoms with Crippen LogP contribution in [0.1, 0.15) is 11.1 Å². The van der Waals surface area contributed by atoms with Crippen molar-refractivity contribution in [3.63, 3.8) is 0 Å². The van der Waals surface area contributed by atoms with Gasteiger partial charge >= 0.3 is 0 Å². The molecule has 3 aromatic rings. The Balaban J connectivity index is 1.50. The summed E-state index contributed by atoms with van der Waals surface area (Å²) in [6.07, 6.45) is 1.86. The Labute approximate surface area is 140 Å². The van der Waals surface area contributed by atoms with Gasteiger partial charge in [-0.3, -0.25) is 0 Å². The summed E-state index contributed by atoms with van der Waals surface area (Å²) in [5.74, 6) is 1.66. The molecule has 0 fully saturated rings. The number of rotatable bonds is 3. The van der Waals surface area contributed by atoms with Crippen LogP contribution < -0.4 is 9.47 Å². The van der Waals surface area contributed by atoms with Gasteiger partial charge in [0.05, 0.1) is 12.7 Å².